The summed E-state index contributed by atoms with van der Waals surface area (Å²) in [6.45, 7) is 16.9. The first kappa shape index (κ1) is 72.4. The van der Waals surface area contributed by atoms with Crippen LogP contribution in [0.2, 0.25) is 0 Å². The van der Waals surface area contributed by atoms with Gasteiger partial charge in [0.1, 0.15) is 122 Å². The molecule has 16 N–H and O–H groups in total. The minimum Gasteiger partial charge on any atom is -0.481 e. The monoisotopic (exact) mass is 1340 g/mol. The van der Waals surface area contributed by atoms with Crippen molar-refractivity contribution in [2.45, 2.75) is 305 Å². The largest absolute Gasteiger partial charge is 0.481 e. The maximum Gasteiger partial charge on any atom is 0.310 e. The second-order valence-electron chi connectivity index (χ2n) is 31.0. The molecule has 29 nitrogen and oxygen atoms in total. The zero-order valence-corrected chi connectivity index (χ0v) is 54.4. The third kappa shape index (κ3) is 12.7. The summed E-state index contributed by atoms with van der Waals surface area (Å²) in [5, 5.41) is 175. The van der Waals surface area contributed by atoms with Crippen LogP contribution in [0.5, 0.6) is 0 Å². The van der Waals surface area contributed by atoms with Crippen LogP contribution in [0.25, 0.3) is 0 Å². The second-order valence-corrected chi connectivity index (χ2v) is 31.0. The maximum absolute atomic E-state index is 13.2. The zero-order valence-electron chi connectivity index (χ0n) is 54.4. The van der Waals surface area contributed by atoms with Gasteiger partial charge in [0.2, 0.25) is 0 Å². The van der Waals surface area contributed by atoms with E-state index in [0.717, 1.165) is 44.9 Å². The zero-order chi connectivity index (χ0) is 67.7. The fourth-order valence-corrected chi connectivity index (χ4v) is 18.7. The molecule has 5 aliphatic carbocycles. The number of carboxylic acid groups (broad SMARTS) is 1. The molecular formula is C64H104O29. The number of aliphatic hydroxyl groups is 15. The molecule has 0 bridgehead atoms. The summed E-state index contributed by atoms with van der Waals surface area (Å²) in [6, 6.07) is 0. The van der Waals surface area contributed by atoms with Gasteiger partial charge in [-0.3, -0.25) is 4.79 Å². The summed E-state index contributed by atoms with van der Waals surface area (Å²) in [7, 11) is 0. The highest BCUT2D eigenvalue weighted by molar-refractivity contribution is 5.76. The summed E-state index contributed by atoms with van der Waals surface area (Å²) in [5.41, 5.74) is -0.177. The standard InChI is InChI=1S/C64H104O29/c1-25-36(66)42(72)46(76)52(86-25)83-22-30-39(69)43(73)47(77)53(88-30)84-23-31-40(70)44(74)48(78)55(89-31)90-32-24-85-54(45(75)41(32)71)92-50-37(67)26(2)87-56(49(50)79)93-51-38(68)29(65)21-82-57(51)91-35-13-14-61(7)33(60(35,5)6)12-15-63(9)34(61)11-10-27-28-20-59(3,4)16-18-64(28,58(80)81)19-17-62(27,63)8/h10,25-26,28-57,65-79H,11-24H2,1-9H3,(H,80,81)/t25-,26+,28+,29+,30-,31-,32-,33+,34-,35+,36-,37+,38+,39-,40-,41-,42+,43+,44+,45-,46+,47-,48-,49-,50-,51-,52-,53-,54+,55+,56+,57+,61+,62-,63-,64+/m1/s1. The van der Waals surface area contributed by atoms with Crippen molar-refractivity contribution < 1.29 is 143 Å². The van der Waals surface area contributed by atoms with Crippen molar-refractivity contribution in [3.63, 3.8) is 0 Å². The maximum atomic E-state index is 13.2. The molecular weight excluding hydrogens is 1230 g/mol. The number of aliphatic carboxylic acids is 1. The fraction of sp³-hybridized carbons (Fsp3) is 0.953. The number of ether oxygens (including phenoxy) is 12. The van der Waals surface area contributed by atoms with E-state index in [1.54, 1.807) is 0 Å². The Morgan fingerprint density at radius 3 is 1.68 bits per heavy atom. The summed E-state index contributed by atoms with van der Waals surface area (Å²) in [6.07, 6.45) is -36.4. The Kier molecular flexibility index (Phi) is 20.9. The quantitative estimate of drug-likeness (QED) is 0.0596. The number of carbonyl (C=O) groups is 1. The molecule has 11 aliphatic rings. The van der Waals surface area contributed by atoms with Crippen LogP contribution in [0.15, 0.2) is 11.6 Å². The SMILES string of the molecule is C[C@@H]1O[C@@H](O[C@H]2[C@H](O[C@H]3CC[C@]4(C)[C@H]5CC=C6[C@@H]7CC(C)(C)CC[C@]7(C(=O)O)CC[C@@]6(C)[C@]5(C)CC[C@H]4C3(C)C)OC[C@H](O)[C@@H]2O)[C@H](O)[C@H](O[C@@H]2OC[C@@H](O[C@@H]3O[C@H](CO[C@@H]4O[C@H](CO[C@@H]5O[C@H](C)[C@@H](O)[C@H](O)[C@@H]5O)[C@@H](O)[C@H](O)[C@H]4O)[C@@H](O)[C@H](O)[C@H]3O)[C@@H](O)[C@H]2O)[C@H]1O. The van der Waals surface area contributed by atoms with Crippen molar-refractivity contribution in [2.24, 2.45) is 50.2 Å². The van der Waals surface area contributed by atoms with Crippen molar-refractivity contribution >= 4 is 5.97 Å². The predicted molar refractivity (Wildman–Crippen MR) is 314 cm³/mol. The number of fused-ring (bicyclic) bond motifs is 7. The summed E-state index contributed by atoms with van der Waals surface area (Å²) < 4.78 is 70.9. The number of rotatable bonds is 15. The Morgan fingerprint density at radius 2 is 1.03 bits per heavy atom. The van der Waals surface area contributed by atoms with Crippen LogP contribution in [0.1, 0.15) is 127 Å². The van der Waals surface area contributed by atoms with Gasteiger partial charge in [-0.05, 0) is 123 Å². The van der Waals surface area contributed by atoms with Crippen molar-refractivity contribution in [1.29, 1.82) is 0 Å². The first-order valence-electron chi connectivity index (χ1n) is 33.4. The van der Waals surface area contributed by atoms with Crippen LogP contribution in [-0.4, -0.2) is 292 Å². The summed E-state index contributed by atoms with van der Waals surface area (Å²) >= 11 is 0. The van der Waals surface area contributed by atoms with Crippen LogP contribution >= 0.6 is 0 Å². The molecule has 0 unspecified atom stereocenters. The number of carboxylic acids is 1. The molecule has 29 heteroatoms. The average molecular weight is 1340 g/mol. The molecule has 534 valence electrons. The van der Waals surface area contributed by atoms with Crippen molar-refractivity contribution in [3.8, 4) is 0 Å². The van der Waals surface area contributed by atoms with Crippen LogP contribution in [-0.2, 0) is 61.6 Å². The molecule has 0 amide bonds. The Hall–Kier alpha value is -1.87. The number of allylic oxidation sites excluding steroid dienone is 2. The van der Waals surface area contributed by atoms with E-state index in [2.05, 4.69) is 54.5 Å². The third-order valence-electron chi connectivity index (χ3n) is 24.8. The van der Waals surface area contributed by atoms with Crippen molar-refractivity contribution in [1.82, 2.24) is 0 Å². The van der Waals surface area contributed by atoms with E-state index in [9.17, 15) is 86.5 Å². The molecule has 36 atom stereocenters. The molecule has 6 saturated heterocycles. The van der Waals surface area contributed by atoms with Gasteiger partial charge in [0, 0.05) is 0 Å². The van der Waals surface area contributed by atoms with E-state index in [1.807, 2.05) is 0 Å². The topological polar surface area (TPSA) is 452 Å². The van der Waals surface area contributed by atoms with Gasteiger partial charge in [0.15, 0.2) is 37.7 Å². The Bertz CT molecular complexity index is 2620. The lowest BCUT2D eigenvalue weighted by Crippen LogP contribution is -2.66. The molecule has 10 fully saturated rings. The van der Waals surface area contributed by atoms with E-state index in [1.165, 1.54) is 19.4 Å². The van der Waals surface area contributed by atoms with Gasteiger partial charge in [-0.1, -0.05) is 60.1 Å². The molecule has 0 spiro atoms. The van der Waals surface area contributed by atoms with Crippen molar-refractivity contribution in [2.75, 3.05) is 26.4 Å². The number of hydrogen-bond donors (Lipinski definition) is 16. The molecule has 4 saturated carbocycles. The number of aliphatic hydroxyl groups excluding tert-OH is 15. The minimum atomic E-state index is -2.00. The fourth-order valence-electron chi connectivity index (χ4n) is 18.7. The highest BCUT2D eigenvalue weighted by atomic mass is 16.8. The molecule has 0 aromatic carbocycles. The van der Waals surface area contributed by atoms with Gasteiger partial charge in [0.25, 0.3) is 0 Å². The van der Waals surface area contributed by atoms with Crippen molar-refractivity contribution in [3.05, 3.63) is 11.6 Å². The molecule has 6 aliphatic heterocycles. The molecule has 11 rings (SSSR count). The Balaban J connectivity index is 0.703. The van der Waals surface area contributed by atoms with Gasteiger partial charge in [-0.2, -0.15) is 0 Å². The van der Waals surface area contributed by atoms with E-state index >= 15 is 0 Å². The van der Waals surface area contributed by atoms with Crippen LogP contribution < -0.4 is 0 Å². The lowest BCUT2D eigenvalue weighted by Gasteiger charge is -2.71. The molecule has 0 aromatic heterocycles. The van der Waals surface area contributed by atoms with Gasteiger partial charge in [-0.25, -0.2) is 0 Å². The second kappa shape index (κ2) is 26.9. The normalized spacial score (nSPS) is 54.7. The average Bonchev–Trinajstić information content (AvgIpc) is 0.677. The van der Waals surface area contributed by atoms with Crippen LogP contribution in [0.3, 0.4) is 0 Å². The summed E-state index contributed by atoms with van der Waals surface area (Å²) in [5.74, 6) is -0.183. The van der Waals surface area contributed by atoms with Gasteiger partial charge >= 0.3 is 5.97 Å². The summed E-state index contributed by atoms with van der Waals surface area (Å²) in [4.78, 5) is 13.2. The van der Waals surface area contributed by atoms with E-state index in [4.69, 9.17) is 56.8 Å². The third-order valence-corrected chi connectivity index (χ3v) is 24.8. The molecule has 0 aromatic rings. The lowest BCUT2D eigenvalue weighted by atomic mass is 9.33. The van der Waals surface area contributed by atoms with Crippen LogP contribution in [0, 0.1) is 50.2 Å². The lowest BCUT2D eigenvalue weighted by molar-refractivity contribution is -0.383. The minimum absolute atomic E-state index is 0.00846. The van der Waals surface area contributed by atoms with E-state index < -0.39 is 215 Å². The smallest absolute Gasteiger partial charge is 0.310 e. The van der Waals surface area contributed by atoms with Gasteiger partial charge in [-0.15, -0.1) is 0 Å². The van der Waals surface area contributed by atoms with E-state index in [-0.39, 0.29) is 40.1 Å². The Labute approximate surface area is 540 Å². The highest BCUT2D eigenvalue weighted by Crippen LogP contribution is 2.76. The molecule has 93 heavy (non-hydrogen) atoms. The predicted octanol–water partition coefficient (Wildman–Crippen LogP) is -2.49. The first-order valence-corrected chi connectivity index (χ1v) is 33.4. The Morgan fingerprint density at radius 1 is 0.495 bits per heavy atom. The van der Waals surface area contributed by atoms with Crippen LogP contribution in [0.4, 0.5) is 0 Å². The highest BCUT2D eigenvalue weighted by Gasteiger charge is 2.70. The van der Waals surface area contributed by atoms with E-state index in [0.29, 0.717) is 25.2 Å². The number of hydrogen-bond acceptors (Lipinski definition) is 28. The molecule has 0 radical (unpaired) electrons. The van der Waals surface area contributed by atoms with Gasteiger partial charge in [0.05, 0.1) is 50.2 Å². The first-order chi connectivity index (χ1) is 43.5. The molecule has 6 heterocycles. The van der Waals surface area contributed by atoms with Gasteiger partial charge < -0.3 is 139 Å².